The molecule has 0 spiro atoms. The Balaban J connectivity index is 2.49. The third-order valence-corrected chi connectivity index (χ3v) is 3.59. The van der Waals surface area contributed by atoms with E-state index >= 15 is 0 Å². The van der Waals surface area contributed by atoms with Crippen molar-refractivity contribution in [2.24, 2.45) is 5.73 Å². The van der Waals surface area contributed by atoms with E-state index in [9.17, 15) is 0 Å². The fraction of sp³-hybridized carbons (Fsp3) is 0.538. The van der Waals surface area contributed by atoms with Crippen LogP contribution in [0.5, 0.6) is 5.75 Å². The second kappa shape index (κ2) is 3.53. The maximum atomic E-state index is 6.34. The summed E-state index contributed by atoms with van der Waals surface area (Å²) < 4.78 is 5.42. The summed E-state index contributed by atoms with van der Waals surface area (Å²) in [5.74, 6) is 0.990. The smallest absolute Gasteiger partial charge is 0.125 e. The van der Waals surface area contributed by atoms with Gasteiger partial charge in [0.2, 0.25) is 0 Å². The number of nitrogens with two attached hydrogens (primary N) is 1. The van der Waals surface area contributed by atoms with Crippen LogP contribution in [0.3, 0.4) is 0 Å². The molecule has 0 atom stereocenters. The van der Waals surface area contributed by atoms with Gasteiger partial charge in [0, 0.05) is 5.54 Å². The minimum atomic E-state index is -0.0922. The number of aryl methyl sites for hydroxylation is 1. The Morgan fingerprint density at radius 1 is 1.27 bits per heavy atom. The lowest BCUT2D eigenvalue weighted by Crippen LogP contribution is -2.43. The van der Waals surface area contributed by atoms with Gasteiger partial charge in [0.15, 0.2) is 0 Å². The van der Waals surface area contributed by atoms with Crippen LogP contribution >= 0.6 is 0 Å². The van der Waals surface area contributed by atoms with Gasteiger partial charge in [-0.05, 0) is 49.8 Å². The second-order valence-corrected chi connectivity index (χ2v) is 4.60. The lowest BCUT2D eigenvalue weighted by molar-refractivity contribution is 0.251. The molecule has 0 unspecified atom stereocenters. The summed E-state index contributed by atoms with van der Waals surface area (Å²) in [6.07, 6.45) is 3.44. The van der Waals surface area contributed by atoms with Crippen LogP contribution in [0.25, 0.3) is 0 Å². The number of rotatable bonds is 2. The molecule has 1 saturated carbocycles. The van der Waals surface area contributed by atoms with Gasteiger partial charge in [-0.2, -0.15) is 0 Å². The van der Waals surface area contributed by atoms with Crippen molar-refractivity contribution in [3.63, 3.8) is 0 Å². The largest absolute Gasteiger partial charge is 0.496 e. The highest BCUT2D eigenvalue weighted by atomic mass is 16.5. The predicted molar refractivity (Wildman–Crippen MR) is 62.2 cm³/mol. The minimum Gasteiger partial charge on any atom is -0.496 e. The van der Waals surface area contributed by atoms with Crippen LogP contribution in [-0.2, 0) is 5.54 Å². The topological polar surface area (TPSA) is 35.2 Å². The molecule has 1 fully saturated rings. The maximum absolute atomic E-state index is 6.34. The van der Waals surface area contributed by atoms with Crippen molar-refractivity contribution in [2.45, 2.75) is 38.6 Å². The van der Waals surface area contributed by atoms with Crippen LogP contribution in [-0.4, -0.2) is 7.11 Å². The first kappa shape index (κ1) is 10.5. The molecule has 0 aromatic heterocycles. The lowest BCUT2D eigenvalue weighted by Gasteiger charge is -2.40. The quantitative estimate of drug-likeness (QED) is 0.805. The predicted octanol–water partition coefficient (Wildman–Crippen LogP) is 2.65. The first-order valence-corrected chi connectivity index (χ1v) is 5.52. The van der Waals surface area contributed by atoms with Crippen molar-refractivity contribution >= 4 is 0 Å². The molecule has 0 heterocycles. The van der Waals surface area contributed by atoms with E-state index in [0.29, 0.717) is 0 Å². The molecule has 0 radical (unpaired) electrons. The van der Waals surface area contributed by atoms with Crippen molar-refractivity contribution in [1.82, 2.24) is 0 Å². The highest BCUT2D eigenvalue weighted by molar-refractivity contribution is 5.48. The van der Waals surface area contributed by atoms with Crippen LogP contribution in [0, 0.1) is 13.8 Å². The first-order chi connectivity index (χ1) is 7.08. The summed E-state index contributed by atoms with van der Waals surface area (Å²) >= 11 is 0. The minimum absolute atomic E-state index is 0.0922. The molecule has 0 amide bonds. The SMILES string of the molecule is COc1c(C)ccc(C2(N)CCC2)c1C. The molecule has 2 nitrogen and oxygen atoms in total. The fourth-order valence-corrected chi connectivity index (χ4v) is 2.51. The lowest BCUT2D eigenvalue weighted by atomic mass is 9.71. The average Bonchev–Trinajstić information content (AvgIpc) is 2.15. The molecule has 0 aliphatic heterocycles. The van der Waals surface area contributed by atoms with Gasteiger partial charge in [-0.15, -0.1) is 0 Å². The molecule has 1 aliphatic carbocycles. The number of hydrogen-bond acceptors (Lipinski definition) is 2. The maximum Gasteiger partial charge on any atom is 0.125 e. The zero-order chi connectivity index (χ0) is 11.1. The van der Waals surface area contributed by atoms with E-state index < -0.39 is 0 Å². The Labute approximate surface area is 91.4 Å². The summed E-state index contributed by atoms with van der Waals surface area (Å²) in [5, 5.41) is 0. The van der Waals surface area contributed by atoms with Crippen LogP contribution in [0.1, 0.15) is 36.0 Å². The Kier molecular flexibility index (Phi) is 2.47. The van der Waals surface area contributed by atoms with E-state index in [4.69, 9.17) is 10.5 Å². The van der Waals surface area contributed by atoms with Gasteiger partial charge in [0.1, 0.15) is 5.75 Å². The van der Waals surface area contributed by atoms with Crippen molar-refractivity contribution < 1.29 is 4.74 Å². The van der Waals surface area contributed by atoms with E-state index in [1.165, 1.54) is 23.1 Å². The van der Waals surface area contributed by atoms with E-state index in [2.05, 4.69) is 26.0 Å². The van der Waals surface area contributed by atoms with Crippen LogP contribution in [0.2, 0.25) is 0 Å². The third kappa shape index (κ3) is 1.53. The van der Waals surface area contributed by atoms with E-state index in [-0.39, 0.29) is 5.54 Å². The fourth-order valence-electron chi connectivity index (χ4n) is 2.51. The molecule has 15 heavy (non-hydrogen) atoms. The molecule has 1 aromatic rings. The van der Waals surface area contributed by atoms with Crippen molar-refractivity contribution in [1.29, 1.82) is 0 Å². The zero-order valence-electron chi connectivity index (χ0n) is 9.76. The number of methoxy groups -OCH3 is 1. The normalized spacial score (nSPS) is 18.4. The van der Waals surface area contributed by atoms with Crippen molar-refractivity contribution in [2.75, 3.05) is 7.11 Å². The second-order valence-electron chi connectivity index (χ2n) is 4.60. The van der Waals surface area contributed by atoms with Crippen molar-refractivity contribution in [3.05, 3.63) is 28.8 Å². The van der Waals surface area contributed by atoms with E-state index in [1.54, 1.807) is 7.11 Å². The van der Waals surface area contributed by atoms with Gasteiger partial charge in [-0.3, -0.25) is 0 Å². The van der Waals surface area contributed by atoms with Gasteiger partial charge in [-0.25, -0.2) is 0 Å². The summed E-state index contributed by atoms with van der Waals surface area (Å²) in [5.41, 5.74) is 9.90. The molecular formula is C13H19NO. The molecule has 1 aliphatic rings. The van der Waals surface area contributed by atoms with E-state index in [0.717, 1.165) is 18.6 Å². The number of ether oxygens (including phenoxy) is 1. The van der Waals surface area contributed by atoms with Gasteiger partial charge in [0.25, 0.3) is 0 Å². The Hall–Kier alpha value is -1.02. The molecule has 2 N–H and O–H groups in total. The molecular weight excluding hydrogens is 186 g/mol. The third-order valence-electron chi connectivity index (χ3n) is 3.59. The van der Waals surface area contributed by atoms with Gasteiger partial charge >= 0.3 is 0 Å². The van der Waals surface area contributed by atoms with Gasteiger partial charge in [-0.1, -0.05) is 12.1 Å². The van der Waals surface area contributed by atoms with Gasteiger partial charge in [0.05, 0.1) is 7.11 Å². The number of benzene rings is 1. The summed E-state index contributed by atoms with van der Waals surface area (Å²) in [6.45, 7) is 4.17. The highest BCUT2D eigenvalue weighted by Crippen LogP contribution is 2.42. The molecule has 82 valence electrons. The average molecular weight is 205 g/mol. The van der Waals surface area contributed by atoms with E-state index in [1.807, 2.05) is 0 Å². The van der Waals surface area contributed by atoms with Gasteiger partial charge < -0.3 is 10.5 Å². The van der Waals surface area contributed by atoms with Crippen LogP contribution in [0.15, 0.2) is 12.1 Å². The summed E-state index contributed by atoms with van der Waals surface area (Å²) in [7, 11) is 1.73. The molecule has 1 aromatic carbocycles. The molecule has 0 bridgehead atoms. The monoisotopic (exact) mass is 205 g/mol. The summed E-state index contributed by atoms with van der Waals surface area (Å²) in [6, 6.07) is 4.26. The van der Waals surface area contributed by atoms with Crippen molar-refractivity contribution in [3.8, 4) is 5.75 Å². The summed E-state index contributed by atoms with van der Waals surface area (Å²) in [4.78, 5) is 0. The molecule has 0 saturated heterocycles. The zero-order valence-corrected chi connectivity index (χ0v) is 9.76. The van der Waals surface area contributed by atoms with Crippen LogP contribution in [0.4, 0.5) is 0 Å². The Morgan fingerprint density at radius 3 is 2.40 bits per heavy atom. The molecule has 2 rings (SSSR count). The Morgan fingerprint density at radius 2 is 1.93 bits per heavy atom. The first-order valence-electron chi connectivity index (χ1n) is 5.52. The standard InChI is InChI=1S/C13H19NO/c1-9-5-6-11(10(2)12(9)15-3)13(14)7-4-8-13/h5-6H,4,7-8,14H2,1-3H3. The Bertz CT molecular complexity index is 380. The molecule has 2 heteroatoms. The van der Waals surface area contributed by atoms with Crippen LogP contribution < -0.4 is 10.5 Å². The highest BCUT2D eigenvalue weighted by Gasteiger charge is 2.36. The number of hydrogen-bond donors (Lipinski definition) is 1.